The summed E-state index contributed by atoms with van der Waals surface area (Å²) >= 11 is 12.0. The molecule has 39 heavy (non-hydrogen) atoms. The Morgan fingerprint density at radius 3 is 2.23 bits per heavy atom. The fourth-order valence-electron chi connectivity index (χ4n) is 6.48. The van der Waals surface area contributed by atoms with Gasteiger partial charge in [0.05, 0.1) is 0 Å². The van der Waals surface area contributed by atoms with Crippen LogP contribution in [0.25, 0.3) is 0 Å². The highest BCUT2D eigenvalue weighted by molar-refractivity contribution is 7.80. The van der Waals surface area contributed by atoms with E-state index >= 15 is 0 Å². The number of benzene rings is 1. The monoisotopic (exact) mass is 570 g/mol. The Labute approximate surface area is 244 Å². The van der Waals surface area contributed by atoms with Gasteiger partial charge in [0, 0.05) is 62.4 Å². The molecule has 0 saturated carbocycles. The molecule has 212 valence electrons. The zero-order valence-corrected chi connectivity index (χ0v) is 25.0. The number of anilines is 3. The van der Waals surface area contributed by atoms with Crippen LogP contribution in [0.15, 0.2) is 30.3 Å². The van der Waals surface area contributed by atoms with E-state index in [9.17, 15) is 0 Å². The maximum absolute atomic E-state index is 6.18. The Kier molecular flexibility index (Phi) is 9.46. The topological polar surface area (TPSA) is 65.5 Å². The molecule has 1 aromatic heterocycles. The van der Waals surface area contributed by atoms with Crippen LogP contribution in [0.3, 0.4) is 0 Å². The van der Waals surface area contributed by atoms with Crippen molar-refractivity contribution in [3.8, 4) is 0 Å². The molecule has 0 spiro atoms. The summed E-state index contributed by atoms with van der Waals surface area (Å²) in [7, 11) is 0. The molecule has 0 unspecified atom stereocenters. The van der Waals surface area contributed by atoms with Gasteiger partial charge in [-0.1, -0.05) is 50.4 Å². The fraction of sp³-hybridized carbons (Fsp3) is 0.633. The van der Waals surface area contributed by atoms with Crippen molar-refractivity contribution < 1.29 is 4.74 Å². The van der Waals surface area contributed by atoms with Crippen LogP contribution in [0.5, 0.6) is 0 Å². The summed E-state index contributed by atoms with van der Waals surface area (Å²) in [6.45, 7) is 11.0. The Hall–Kier alpha value is -2.16. The van der Waals surface area contributed by atoms with Gasteiger partial charge in [0.25, 0.3) is 0 Å². The van der Waals surface area contributed by atoms with Crippen LogP contribution in [-0.2, 0) is 10.2 Å². The van der Waals surface area contributed by atoms with E-state index in [4.69, 9.17) is 38.5 Å². The van der Waals surface area contributed by atoms with Gasteiger partial charge in [-0.15, -0.1) is 0 Å². The van der Waals surface area contributed by atoms with Crippen molar-refractivity contribution in [2.75, 3.05) is 61.1 Å². The number of nitrogens with zero attached hydrogens (tertiary/aromatic N) is 4. The third-order valence-electron chi connectivity index (χ3n) is 8.54. The molecule has 0 amide bonds. The third-order valence-corrected chi connectivity index (χ3v) is 9.04. The lowest BCUT2D eigenvalue weighted by atomic mass is 9.74. The predicted molar refractivity (Wildman–Crippen MR) is 165 cm³/mol. The zero-order valence-electron chi connectivity index (χ0n) is 23.4. The van der Waals surface area contributed by atoms with E-state index < -0.39 is 0 Å². The van der Waals surface area contributed by atoms with Crippen LogP contribution in [-0.4, -0.2) is 61.0 Å². The lowest BCUT2D eigenvalue weighted by molar-refractivity contribution is 0.0515. The molecule has 4 heterocycles. The quantitative estimate of drug-likeness (QED) is 0.408. The van der Waals surface area contributed by atoms with Crippen molar-refractivity contribution >= 4 is 46.5 Å². The molecular formula is C30H43ClN6OS. The highest BCUT2D eigenvalue weighted by atomic mass is 35.5. The lowest BCUT2D eigenvalue weighted by Gasteiger charge is -2.38. The Balaban J connectivity index is 1.34. The second-order valence-electron chi connectivity index (χ2n) is 11.9. The van der Waals surface area contributed by atoms with Crippen LogP contribution >= 0.6 is 23.8 Å². The minimum atomic E-state index is -0.0609. The average molecular weight is 571 g/mol. The number of rotatable bonds is 6. The molecule has 0 bridgehead atoms. The van der Waals surface area contributed by atoms with Crippen molar-refractivity contribution in [3.05, 3.63) is 40.9 Å². The number of nitrogens with one attached hydrogen (secondary N) is 2. The number of hydrogen-bond donors (Lipinski definition) is 2. The van der Waals surface area contributed by atoms with Crippen LogP contribution in [0, 0.1) is 11.8 Å². The third kappa shape index (κ3) is 7.33. The number of hydrogen-bond acceptors (Lipinski definition) is 6. The van der Waals surface area contributed by atoms with Crippen LogP contribution < -0.4 is 20.4 Å². The van der Waals surface area contributed by atoms with E-state index in [1.165, 1.54) is 37.7 Å². The highest BCUT2D eigenvalue weighted by Crippen LogP contribution is 2.35. The first-order chi connectivity index (χ1) is 18.9. The molecule has 2 N–H and O–H groups in total. The normalized spacial score (nSPS) is 23.7. The van der Waals surface area contributed by atoms with Crippen molar-refractivity contribution in [3.63, 3.8) is 0 Å². The Morgan fingerprint density at radius 1 is 0.974 bits per heavy atom. The molecule has 1 aromatic carbocycles. The minimum Gasteiger partial charge on any atom is -0.381 e. The average Bonchev–Trinajstić information content (AvgIpc) is 3.22. The van der Waals surface area contributed by atoms with E-state index in [1.807, 2.05) is 12.1 Å². The second kappa shape index (κ2) is 13.0. The fourth-order valence-corrected chi connectivity index (χ4v) is 6.77. The van der Waals surface area contributed by atoms with Gasteiger partial charge < -0.3 is 25.2 Å². The van der Waals surface area contributed by atoms with Gasteiger partial charge in [-0.25, -0.2) is 0 Å². The first-order valence-electron chi connectivity index (χ1n) is 14.7. The van der Waals surface area contributed by atoms with E-state index in [1.54, 1.807) is 0 Å². The lowest BCUT2D eigenvalue weighted by Crippen LogP contribution is -2.45. The van der Waals surface area contributed by atoms with E-state index in [-0.39, 0.29) is 5.41 Å². The molecule has 7 nitrogen and oxygen atoms in total. The van der Waals surface area contributed by atoms with Crippen molar-refractivity contribution in [2.45, 2.75) is 64.2 Å². The van der Waals surface area contributed by atoms with E-state index in [2.05, 4.69) is 52.5 Å². The zero-order chi connectivity index (χ0) is 27.2. The minimum absolute atomic E-state index is 0.0609. The molecule has 3 aliphatic rings. The molecule has 2 atom stereocenters. The molecule has 0 radical (unpaired) electrons. The molecule has 0 aliphatic carbocycles. The molecule has 2 aromatic rings. The standard InChI is InChI=1S/C30H43ClN6OS/c1-22-17-23(2)20-37(19-22)27-18-26(36-13-5-3-4-6-14-36)33-28(34-27)35-29(39)32-21-30(11-15-38-16-12-30)24-7-9-25(31)10-8-24/h7-10,18,22-23H,3-6,11-17,19-21H2,1-2H3,(H2,32,33,34,35,39)/t22-,23-/m0/s1. The number of aromatic nitrogens is 2. The SMILES string of the molecule is C[C@H]1C[C@H](C)CN(c2cc(N3CCCCCC3)nc(NC(=S)NCC3(c4ccc(Cl)cc4)CCOCC3)n2)C1. The Morgan fingerprint density at radius 2 is 1.59 bits per heavy atom. The molecule has 5 rings (SSSR count). The summed E-state index contributed by atoms with van der Waals surface area (Å²) in [5.74, 6) is 3.86. The van der Waals surface area contributed by atoms with Gasteiger partial charge in [0.1, 0.15) is 11.6 Å². The predicted octanol–water partition coefficient (Wildman–Crippen LogP) is 6.03. The summed E-state index contributed by atoms with van der Waals surface area (Å²) in [5.41, 5.74) is 1.20. The summed E-state index contributed by atoms with van der Waals surface area (Å²) < 4.78 is 5.71. The highest BCUT2D eigenvalue weighted by Gasteiger charge is 2.34. The first kappa shape index (κ1) is 28.4. The molecule has 3 aliphatic heterocycles. The Bertz CT molecular complexity index is 1090. The summed E-state index contributed by atoms with van der Waals surface area (Å²) in [5, 5.41) is 8.15. The summed E-state index contributed by atoms with van der Waals surface area (Å²) in [6, 6.07) is 10.4. The smallest absolute Gasteiger partial charge is 0.232 e. The van der Waals surface area contributed by atoms with Gasteiger partial charge in [0.2, 0.25) is 5.95 Å². The van der Waals surface area contributed by atoms with Gasteiger partial charge in [-0.05, 0) is 73.9 Å². The number of ether oxygens (including phenoxy) is 1. The van der Waals surface area contributed by atoms with Gasteiger partial charge in [-0.2, -0.15) is 9.97 Å². The van der Waals surface area contributed by atoms with E-state index in [0.717, 1.165) is 68.9 Å². The first-order valence-corrected chi connectivity index (χ1v) is 15.5. The van der Waals surface area contributed by atoms with Crippen molar-refractivity contribution in [2.24, 2.45) is 11.8 Å². The van der Waals surface area contributed by atoms with Crippen LogP contribution in [0.1, 0.15) is 64.4 Å². The van der Waals surface area contributed by atoms with Crippen molar-refractivity contribution in [1.82, 2.24) is 15.3 Å². The maximum Gasteiger partial charge on any atom is 0.232 e. The maximum atomic E-state index is 6.18. The van der Waals surface area contributed by atoms with Crippen LogP contribution in [0.4, 0.5) is 17.6 Å². The summed E-state index contributed by atoms with van der Waals surface area (Å²) in [4.78, 5) is 14.8. The molecule has 3 saturated heterocycles. The molecule has 9 heteroatoms. The van der Waals surface area contributed by atoms with Gasteiger partial charge >= 0.3 is 0 Å². The summed E-state index contributed by atoms with van der Waals surface area (Å²) in [6.07, 6.45) is 8.11. The molecule has 3 fully saturated rings. The number of halogens is 1. The van der Waals surface area contributed by atoms with Crippen molar-refractivity contribution in [1.29, 1.82) is 0 Å². The van der Waals surface area contributed by atoms with Gasteiger partial charge in [0.15, 0.2) is 5.11 Å². The largest absolute Gasteiger partial charge is 0.381 e. The number of thiocarbonyl (C=S) groups is 1. The van der Waals surface area contributed by atoms with Gasteiger partial charge in [-0.3, -0.25) is 0 Å². The number of piperidine rings is 1. The molecular weight excluding hydrogens is 528 g/mol. The second-order valence-corrected chi connectivity index (χ2v) is 12.7. The van der Waals surface area contributed by atoms with E-state index in [0.29, 0.717) is 29.4 Å². The van der Waals surface area contributed by atoms with Crippen LogP contribution in [0.2, 0.25) is 5.02 Å².